The van der Waals surface area contributed by atoms with E-state index in [1.165, 1.54) is 4.90 Å². The van der Waals surface area contributed by atoms with Crippen LogP contribution in [0.3, 0.4) is 0 Å². The number of hydrogen-bond donors (Lipinski definition) is 2. The number of hydrogen-bond acceptors (Lipinski definition) is 9. The number of ketones is 2. The summed E-state index contributed by atoms with van der Waals surface area (Å²) in [5, 5.41) is 21.2. The van der Waals surface area contributed by atoms with Crippen LogP contribution >= 0.6 is 0 Å². The lowest BCUT2D eigenvalue weighted by atomic mass is 9.81. The lowest BCUT2D eigenvalue weighted by molar-refractivity contribution is -0.949. The van der Waals surface area contributed by atoms with Crippen molar-refractivity contribution in [2.75, 3.05) is 0 Å². The number of benzene rings is 2. The highest BCUT2D eigenvalue weighted by Crippen LogP contribution is 2.51. The van der Waals surface area contributed by atoms with E-state index >= 15 is 0 Å². The highest BCUT2D eigenvalue weighted by atomic mass is 16.6. The number of carboxylic acid groups (broad SMARTS) is 2. The molecule has 290 valence electrons. The number of Topliss-reactive ketones (excluding diaryl/α,β-unsaturated/α-hetero) is 2. The fourth-order valence-corrected chi connectivity index (χ4v) is 9.57. The van der Waals surface area contributed by atoms with Crippen molar-refractivity contribution in [2.24, 2.45) is 0 Å². The van der Waals surface area contributed by atoms with Gasteiger partial charge in [-0.1, -0.05) is 12.1 Å². The summed E-state index contributed by atoms with van der Waals surface area (Å²) < 4.78 is 16.7. The van der Waals surface area contributed by atoms with E-state index in [0.29, 0.717) is 42.6 Å². The zero-order chi connectivity index (χ0) is 39.7. The summed E-state index contributed by atoms with van der Waals surface area (Å²) in [6, 6.07) is 7.02. The molecule has 2 aromatic rings. The Kier molecular flexibility index (Phi) is 9.74. The van der Waals surface area contributed by atoms with Crippen molar-refractivity contribution in [3.05, 3.63) is 52.6 Å². The first-order chi connectivity index (χ1) is 25.1. The second-order valence-electron chi connectivity index (χ2n) is 17.3. The number of aliphatic carboxylic acids is 1. The lowest BCUT2D eigenvalue weighted by Gasteiger charge is -2.52. The number of nitrogens with zero attached hydrogens (tertiary/aromatic N) is 2. The minimum atomic E-state index is -1.86. The number of quaternary nitrogens is 1. The van der Waals surface area contributed by atoms with Gasteiger partial charge < -0.3 is 24.4 Å². The molecule has 2 unspecified atom stereocenters. The zero-order valence-corrected chi connectivity index (χ0v) is 32.3. The van der Waals surface area contributed by atoms with Crippen LogP contribution in [0, 0.1) is 0 Å². The molecular weight excluding hydrogens is 696 g/mol. The van der Waals surface area contributed by atoms with Gasteiger partial charge in [0.1, 0.15) is 29.5 Å². The van der Waals surface area contributed by atoms with Crippen LogP contribution in [0.2, 0.25) is 0 Å². The summed E-state index contributed by atoms with van der Waals surface area (Å²) in [5.41, 5.74) is 0.0304. The highest BCUT2D eigenvalue weighted by molar-refractivity contribution is 6.04. The summed E-state index contributed by atoms with van der Waals surface area (Å²) in [6.07, 6.45) is -1.24. The van der Waals surface area contributed by atoms with Gasteiger partial charge in [0.05, 0.1) is 12.5 Å². The number of rotatable bonds is 6. The molecular formula is C41H51N2O11+. The van der Waals surface area contributed by atoms with Crippen LogP contribution in [0.1, 0.15) is 126 Å². The maximum atomic E-state index is 13.9. The fourth-order valence-electron chi connectivity index (χ4n) is 9.57. The number of carbonyl (C=O) groups is 6. The molecule has 54 heavy (non-hydrogen) atoms. The van der Waals surface area contributed by atoms with Crippen LogP contribution in [0.15, 0.2) is 30.3 Å². The van der Waals surface area contributed by atoms with E-state index in [2.05, 4.69) is 0 Å². The third-order valence-corrected chi connectivity index (χ3v) is 11.9. The number of carboxylic acids is 1. The summed E-state index contributed by atoms with van der Waals surface area (Å²) >= 11 is 0. The second kappa shape index (κ2) is 13.5. The molecule has 1 aliphatic carbocycles. The van der Waals surface area contributed by atoms with E-state index in [1.54, 1.807) is 72.7 Å². The fraction of sp³-hybridized carbons (Fsp3) is 0.561. The van der Waals surface area contributed by atoms with Gasteiger partial charge in [0.2, 0.25) is 11.3 Å². The van der Waals surface area contributed by atoms with Crippen molar-refractivity contribution in [2.45, 2.75) is 148 Å². The third kappa shape index (κ3) is 6.23. The van der Waals surface area contributed by atoms with Gasteiger partial charge in [-0.05, 0) is 116 Å². The first kappa shape index (κ1) is 38.9. The minimum Gasteiger partial charge on any atom is -0.488 e. The number of amides is 2. The minimum absolute atomic E-state index is 0.0500. The molecule has 13 nitrogen and oxygen atoms in total. The molecule has 2 N–H and O–H groups in total. The van der Waals surface area contributed by atoms with Crippen LogP contribution in [-0.4, -0.2) is 96.2 Å². The van der Waals surface area contributed by atoms with Gasteiger partial charge in [-0.25, -0.2) is 18.9 Å². The maximum Gasteiger partial charge on any atom is 0.515 e. The quantitative estimate of drug-likeness (QED) is 0.178. The molecule has 2 aromatic carbocycles. The molecule has 0 saturated carbocycles. The molecule has 13 heteroatoms. The predicted octanol–water partition coefficient (Wildman–Crippen LogP) is 6.95. The number of fused-ring (bicyclic) bond motifs is 4. The van der Waals surface area contributed by atoms with Crippen LogP contribution < -0.4 is 4.74 Å². The smallest absolute Gasteiger partial charge is 0.488 e. The van der Waals surface area contributed by atoms with Crippen molar-refractivity contribution >= 4 is 35.7 Å². The average Bonchev–Trinajstić information content (AvgIpc) is 3.62. The van der Waals surface area contributed by atoms with Crippen molar-refractivity contribution in [3.63, 3.8) is 0 Å². The maximum absolute atomic E-state index is 13.9. The number of esters is 1. The molecule has 3 heterocycles. The third-order valence-electron chi connectivity index (χ3n) is 11.9. The first-order valence-electron chi connectivity index (χ1n) is 18.7. The van der Waals surface area contributed by atoms with Crippen molar-refractivity contribution in [1.29, 1.82) is 0 Å². The molecule has 6 atom stereocenters. The van der Waals surface area contributed by atoms with Crippen molar-refractivity contribution in [1.82, 2.24) is 4.90 Å². The molecule has 0 bridgehead atoms. The molecule has 2 amide bonds. The monoisotopic (exact) mass is 747 g/mol. The number of aryl methyl sites for hydroxylation is 1. The Balaban J connectivity index is 1.21. The molecule has 0 aromatic heterocycles. The molecule has 4 aliphatic rings. The van der Waals surface area contributed by atoms with E-state index in [9.17, 15) is 39.0 Å². The molecule has 2 fully saturated rings. The van der Waals surface area contributed by atoms with E-state index in [-0.39, 0.29) is 36.8 Å². The molecule has 3 aliphatic heterocycles. The molecule has 0 spiro atoms. The zero-order valence-electron chi connectivity index (χ0n) is 32.3. The first-order valence-corrected chi connectivity index (χ1v) is 18.7. The summed E-state index contributed by atoms with van der Waals surface area (Å²) in [4.78, 5) is 81.3. The Bertz CT molecular complexity index is 1940. The Labute approximate surface area is 315 Å². The van der Waals surface area contributed by atoms with E-state index in [1.807, 2.05) is 13.0 Å². The van der Waals surface area contributed by atoms with E-state index in [0.717, 1.165) is 16.7 Å². The van der Waals surface area contributed by atoms with E-state index < -0.39 is 75.7 Å². The Morgan fingerprint density at radius 2 is 1.61 bits per heavy atom. The van der Waals surface area contributed by atoms with Crippen LogP contribution in [0.4, 0.5) is 9.59 Å². The predicted molar refractivity (Wildman–Crippen MR) is 195 cm³/mol. The van der Waals surface area contributed by atoms with Crippen molar-refractivity contribution in [3.8, 4) is 16.9 Å². The molecule has 0 radical (unpaired) electrons. The van der Waals surface area contributed by atoms with Crippen LogP contribution in [-0.2, 0) is 32.1 Å². The average molecular weight is 748 g/mol. The van der Waals surface area contributed by atoms with Gasteiger partial charge in [0.15, 0.2) is 11.9 Å². The van der Waals surface area contributed by atoms with E-state index in [4.69, 9.17) is 14.2 Å². The van der Waals surface area contributed by atoms with Gasteiger partial charge in [0.25, 0.3) is 0 Å². The van der Waals surface area contributed by atoms with Gasteiger partial charge in [0, 0.05) is 35.6 Å². The highest BCUT2D eigenvalue weighted by Gasteiger charge is 2.73. The Hall–Kier alpha value is -4.78. The number of likely N-dealkylation sites (tertiary alicyclic amines) is 2. The van der Waals surface area contributed by atoms with Crippen LogP contribution in [0.25, 0.3) is 11.1 Å². The molecule has 6 rings (SSSR count). The normalized spacial score (nSPS) is 27.6. The largest absolute Gasteiger partial charge is 0.515 e. The van der Waals surface area contributed by atoms with Crippen LogP contribution in [0.5, 0.6) is 5.75 Å². The van der Waals surface area contributed by atoms with Gasteiger partial charge in [-0.15, -0.1) is 0 Å². The molecule has 2 saturated heterocycles. The summed E-state index contributed by atoms with van der Waals surface area (Å²) in [5.74, 6) is -2.30. The van der Waals surface area contributed by atoms with Gasteiger partial charge >= 0.3 is 24.1 Å². The lowest BCUT2D eigenvalue weighted by Crippen LogP contribution is -2.76. The van der Waals surface area contributed by atoms with Crippen molar-refractivity contribution < 1.29 is 57.7 Å². The van der Waals surface area contributed by atoms with Gasteiger partial charge in [-0.3, -0.25) is 14.5 Å². The topological polar surface area (TPSA) is 174 Å². The standard InChI is InChI=1S/C41H50N2O11/c1-22-9-13-30(42(22)37(49)54-40(6,7)8)35(46)53-32-14-11-24-18-29-27-12-10-25(17-26(27)21-52-33(29)19-28(24)34(32)45)31(44)20-41(36(47)48)16-15-23(2)43(41,38(50)51)39(3,4)5/h10,12,17-19,22-23,30,32H,9,11,13-16,20-21H2,1-8H3,(H-,47,48,50,51)/p+1/t22-,23-,30-,32?,41-,43?/m0/s1. The number of carbonyl (C=O) groups excluding carboxylic acids is 4. The second-order valence-corrected chi connectivity index (χ2v) is 17.3. The SMILES string of the molecule is C[C@H]1CC[C@@H](C(=O)OC2CCc3cc4c(cc3C2=O)OCc2cc(C(=O)C[C@]3(C(=O)O)CC[C@H](C)[N+]3(C(=O)O)C(C)(C)C)ccc2-4)N1C(=O)OC(C)(C)C. The summed E-state index contributed by atoms with van der Waals surface area (Å²) in [7, 11) is 0. The Morgan fingerprint density at radius 1 is 0.907 bits per heavy atom. The number of ether oxygens (including phenoxy) is 3. The summed E-state index contributed by atoms with van der Waals surface area (Å²) in [6.45, 7) is 14.0. The van der Waals surface area contributed by atoms with Gasteiger partial charge in [-0.2, -0.15) is 4.79 Å². The Morgan fingerprint density at radius 3 is 2.24 bits per heavy atom.